The van der Waals surface area contributed by atoms with E-state index in [1.54, 1.807) is 37.3 Å². The van der Waals surface area contributed by atoms with E-state index in [-0.39, 0.29) is 41.1 Å². The lowest BCUT2D eigenvalue weighted by Gasteiger charge is -2.30. The normalized spacial score (nSPS) is 19.9. The van der Waals surface area contributed by atoms with Crippen molar-refractivity contribution in [3.63, 3.8) is 0 Å². The molecule has 0 radical (unpaired) electrons. The van der Waals surface area contributed by atoms with Gasteiger partial charge in [0.2, 0.25) is 5.91 Å². The number of anilines is 1. The van der Waals surface area contributed by atoms with Gasteiger partial charge in [-0.3, -0.25) is 4.79 Å². The summed E-state index contributed by atoms with van der Waals surface area (Å²) in [6, 6.07) is 15.8. The maximum atomic E-state index is 13.1. The van der Waals surface area contributed by atoms with Crippen molar-refractivity contribution in [3.8, 4) is 5.75 Å². The Morgan fingerprint density at radius 3 is 2.32 bits per heavy atom. The van der Waals surface area contributed by atoms with E-state index in [2.05, 4.69) is 4.90 Å². The Morgan fingerprint density at radius 2 is 1.72 bits per heavy atom. The maximum Gasteiger partial charge on any atom is 0.416 e. The van der Waals surface area contributed by atoms with Crippen LogP contribution in [0.1, 0.15) is 59.2 Å². The van der Waals surface area contributed by atoms with Crippen LogP contribution in [0.4, 0.5) is 18.9 Å². The molecule has 0 aliphatic carbocycles. The standard InChI is InChI=1S/C34H39F3N2O7S/c1-2-47(42,43)29-10-3-22(4-11-29)32(20-40)31-18-24(7-12-30(31)33(38)41)39-19-28(17-25(39)21-45-26-13-15-44-16-14-26)46-27-8-5-23(6-9-27)34(35,36)37/h3-12,18,25-26,28,32,40H,2,13-17,19-21H2,1H3,(H2,38,41)/t25-,28+,32+/m0/s1. The van der Waals surface area contributed by atoms with Crippen LogP contribution >= 0.6 is 0 Å². The molecular formula is C34H39F3N2O7S. The fourth-order valence-corrected chi connectivity index (χ4v) is 7.02. The van der Waals surface area contributed by atoms with Crippen molar-refractivity contribution in [1.82, 2.24) is 0 Å². The van der Waals surface area contributed by atoms with Gasteiger partial charge in [-0.15, -0.1) is 0 Å². The third kappa shape index (κ3) is 8.26. The van der Waals surface area contributed by atoms with Gasteiger partial charge in [-0.2, -0.15) is 13.2 Å². The van der Waals surface area contributed by atoms with Gasteiger partial charge in [-0.05, 0) is 78.6 Å². The number of ether oxygens (including phenoxy) is 3. The fourth-order valence-electron chi connectivity index (χ4n) is 6.14. The van der Waals surface area contributed by atoms with E-state index in [1.807, 2.05) is 0 Å². The van der Waals surface area contributed by atoms with Gasteiger partial charge in [0, 0.05) is 36.8 Å². The number of nitrogens with two attached hydrogens (primary N) is 1. The summed E-state index contributed by atoms with van der Waals surface area (Å²) in [5, 5.41) is 10.5. The molecule has 254 valence electrons. The second-order valence-electron chi connectivity index (χ2n) is 11.8. The minimum absolute atomic E-state index is 0.0338. The van der Waals surface area contributed by atoms with Crippen molar-refractivity contribution >= 4 is 21.4 Å². The van der Waals surface area contributed by atoms with E-state index in [4.69, 9.17) is 19.9 Å². The molecule has 0 spiro atoms. The molecule has 0 saturated carbocycles. The van der Waals surface area contributed by atoms with Gasteiger partial charge in [0.05, 0.1) is 48.1 Å². The molecule has 0 aromatic heterocycles. The molecule has 3 N–H and O–H groups in total. The summed E-state index contributed by atoms with van der Waals surface area (Å²) < 4.78 is 81.9. The summed E-state index contributed by atoms with van der Waals surface area (Å²) in [5.74, 6) is -1.11. The zero-order chi connectivity index (χ0) is 33.8. The average Bonchev–Trinajstić information content (AvgIpc) is 3.47. The van der Waals surface area contributed by atoms with Crippen molar-refractivity contribution < 1.29 is 45.7 Å². The predicted octanol–water partition coefficient (Wildman–Crippen LogP) is 4.94. The summed E-state index contributed by atoms with van der Waals surface area (Å²) in [6.07, 6.45) is -2.74. The summed E-state index contributed by atoms with van der Waals surface area (Å²) >= 11 is 0. The Kier molecular flexibility index (Phi) is 10.8. The minimum atomic E-state index is -4.45. The number of primary amides is 1. The topological polar surface area (TPSA) is 128 Å². The second kappa shape index (κ2) is 14.6. The van der Waals surface area contributed by atoms with Crippen LogP contribution in [0.25, 0.3) is 0 Å². The van der Waals surface area contributed by atoms with E-state index in [0.29, 0.717) is 55.4 Å². The zero-order valence-electron chi connectivity index (χ0n) is 26.0. The van der Waals surface area contributed by atoms with Gasteiger partial charge < -0.3 is 30.0 Å². The molecule has 9 nitrogen and oxygen atoms in total. The van der Waals surface area contributed by atoms with Crippen LogP contribution in [0.3, 0.4) is 0 Å². The highest BCUT2D eigenvalue weighted by Crippen LogP contribution is 2.36. The Labute approximate surface area is 272 Å². The first-order valence-corrected chi connectivity index (χ1v) is 17.2. The number of hydrogen-bond acceptors (Lipinski definition) is 8. The molecular weight excluding hydrogens is 637 g/mol. The zero-order valence-corrected chi connectivity index (χ0v) is 26.8. The van der Waals surface area contributed by atoms with Gasteiger partial charge in [-0.25, -0.2) is 8.42 Å². The summed E-state index contributed by atoms with van der Waals surface area (Å²) in [4.78, 5) is 14.8. The van der Waals surface area contributed by atoms with E-state index in [0.717, 1.165) is 25.0 Å². The number of amides is 1. The molecule has 2 aliphatic rings. The van der Waals surface area contributed by atoms with Crippen LogP contribution in [0, 0.1) is 0 Å². The third-order valence-corrected chi connectivity index (χ3v) is 10.5. The quantitative estimate of drug-likeness (QED) is 0.276. The molecule has 0 unspecified atom stereocenters. The number of sulfone groups is 1. The van der Waals surface area contributed by atoms with Crippen LogP contribution in [0.15, 0.2) is 71.6 Å². The number of nitrogens with zero attached hydrogens (tertiary/aromatic N) is 1. The second-order valence-corrected chi connectivity index (χ2v) is 14.1. The molecule has 3 atom stereocenters. The van der Waals surface area contributed by atoms with Crippen molar-refractivity contribution in [2.24, 2.45) is 5.73 Å². The van der Waals surface area contributed by atoms with Crippen molar-refractivity contribution in [1.29, 1.82) is 0 Å². The lowest BCUT2D eigenvalue weighted by atomic mass is 9.88. The molecule has 2 aliphatic heterocycles. The van der Waals surface area contributed by atoms with Gasteiger partial charge >= 0.3 is 6.18 Å². The number of halogens is 3. The van der Waals surface area contributed by atoms with Crippen molar-refractivity contribution in [2.45, 2.75) is 61.4 Å². The van der Waals surface area contributed by atoms with Crippen molar-refractivity contribution in [2.75, 3.05) is 43.6 Å². The number of aliphatic hydroxyl groups is 1. The molecule has 5 rings (SSSR count). The van der Waals surface area contributed by atoms with Crippen LogP contribution in [0.2, 0.25) is 0 Å². The molecule has 0 bridgehead atoms. The Balaban J connectivity index is 1.44. The number of benzene rings is 3. The molecule has 47 heavy (non-hydrogen) atoms. The molecule has 3 aromatic rings. The first-order valence-electron chi connectivity index (χ1n) is 15.6. The van der Waals surface area contributed by atoms with Gasteiger partial charge in [0.15, 0.2) is 9.84 Å². The Morgan fingerprint density at radius 1 is 1.04 bits per heavy atom. The highest BCUT2D eigenvalue weighted by Gasteiger charge is 2.36. The van der Waals surface area contributed by atoms with Gasteiger partial charge in [0.1, 0.15) is 11.9 Å². The number of carbonyl (C=O) groups is 1. The molecule has 2 heterocycles. The molecule has 3 aromatic carbocycles. The number of alkyl halides is 3. The molecule has 2 fully saturated rings. The lowest BCUT2D eigenvalue weighted by molar-refractivity contribution is -0.137. The van der Waals surface area contributed by atoms with Gasteiger partial charge in [-0.1, -0.05) is 19.1 Å². The smallest absolute Gasteiger partial charge is 0.416 e. The number of carbonyl (C=O) groups excluding carboxylic acids is 1. The Bertz CT molecular complexity index is 1630. The van der Waals surface area contributed by atoms with E-state index >= 15 is 0 Å². The SMILES string of the molecule is CCS(=O)(=O)c1ccc([C@@H](CO)c2cc(N3C[C@H](Oc4ccc(C(F)(F)F)cc4)C[C@H]3COC3CCOCC3)ccc2C(N)=O)cc1. The third-order valence-electron chi connectivity index (χ3n) is 8.76. The van der Waals surface area contributed by atoms with Crippen LogP contribution in [0.5, 0.6) is 5.75 Å². The predicted molar refractivity (Wildman–Crippen MR) is 169 cm³/mol. The first kappa shape index (κ1) is 34.7. The van der Waals surface area contributed by atoms with Crippen molar-refractivity contribution in [3.05, 3.63) is 89.0 Å². The lowest BCUT2D eigenvalue weighted by Crippen LogP contribution is -2.36. The largest absolute Gasteiger partial charge is 0.489 e. The van der Waals surface area contributed by atoms with Crippen LogP contribution in [-0.4, -0.2) is 76.4 Å². The highest BCUT2D eigenvalue weighted by atomic mass is 32.2. The minimum Gasteiger partial charge on any atom is -0.489 e. The number of rotatable bonds is 12. The number of hydrogen-bond donors (Lipinski definition) is 2. The summed E-state index contributed by atoms with van der Waals surface area (Å²) in [6.45, 7) is 3.16. The molecule has 2 saturated heterocycles. The Hall–Kier alpha value is -3.65. The van der Waals surface area contributed by atoms with Gasteiger partial charge in [0.25, 0.3) is 0 Å². The monoisotopic (exact) mass is 676 g/mol. The number of aliphatic hydroxyl groups excluding tert-OH is 1. The fraction of sp³-hybridized carbons (Fsp3) is 0.441. The van der Waals surface area contributed by atoms with Crippen LogP contribution in [-0.2, 0) is 25.5 Å². The molecule has 13 heteroatoms. The first-order chi connectivity index (χ1) is 22.4. The van der Waals surface area contributed by atoms with E-state index < -0.39 is 33.4 Å². The van der Waals surface area contributed by atoms with E-state index in [1.165, 1.54) is 24.3 Å². The average molecular weight is 677 g/mol. The summed E-state index contributed by atoms with van der Waals surface area (Å²) in [7, 11) is -3.43. The van der Waals surface area contributed by atoms with E-state index in [9.17, 15) is 31.5 Å². The summed E-state index contributed by atoms with van der Waals surface area (Å²) in [5.41, 5.74) is 7.00. The maximum absolute atomic E-state index is 13.1. The molecule has 1 amide bonds. The highest BCUT2D eigenvalue weighted by molar-refractivity contribution is 7.91. The van der Waals surface area contributed by atoms with Crippen LogP contribution < -0.4 is 15.4 Å².